The Kier molecular flexibility index (Phi) is 7.08. The van der Waals surface area contributed by atoms with Crippen molar-refractivity contribution in [3.05, 3.63) is 60.4 Å². The summed E-state index contributed by atoms with van der Waals surface area (Å²) in [6, 6.07) is 16.8. The topological polar surface area (TPSA) is 48.7 Å². The van der Waals surface area contributed by atoms with Crippen molar-refractivity contribution in [2.24, 2.45) is 0 Å². The van der Waals surface area contributed by atoms with Gasteiger partial charge in [-0.3, -0.25) is 4.79 Å². The Morgan fingerprint density at radius 2 is 1.67 bits per heavy atom. The van der Waals surface area contributed by atoms with Crippen molar-refractivity contribution in [3.8, 4) is 11.1 Å². The van der Waals surface area contributed by atoms with Gasteiger partial charge in [0.1, 0.15) is 5.58 Å². The van der Waals surface area contributed by atoms with E-state index in [9.17, 15) is 4.79 Å². The van der Waals surface area contributed by atoms with Crippen LogP contribution in [-0.2, 0) is 0 Å². The fourth-order valence-corrected chi connectivity index (χ4v) is 5.36. The zero-order valence-electron chi connectivity index (χ0n) is 19.5. The molecule has 2 aliphatic heterocycles. The number of furan rings is 1. The normalized spacial score (nSPS) is 18.5. The van der Waals surface area contributed by atoms with Gasteiger partial charge in [0.15, 0.2) is 0 Å². The number of nitrogens with one attached hydrogen (secondary N) is 1. The van der Waals surface area contributed by atoms with E-state index < -0.39 is 0 Å². The summed E-state index contributed by atoms with van der Waals surface area (Å²) in [5.74, 6) is 0.00985. The first kappa shape index (κ1) is 22.2. The van der Waals surface area contributed by atoms with E-state index in [2.05, 4.69) is 27.2 Å². The highest BCUT2D eigenvalue weighted by Crippen LogP contribution is 2.25. The van der Waals surface area contributed by atoms with E-state index >= 15 is 0 Å². The number of likely N-dealkylation sites (tertiary alicyclic amines) is 2. The molecule has 5 rings (SSSR count). The molecule has 0 aliphatic carbocycles. The lowest BCUT2D eigenvalue weighted by Crippen LogP contribution is -2.47. The monoisotopic (exact) mass is 445 g/mol. The second kappa shape index (κ2) is 10.5. The predicted molar refractivity (Wildman–Crippen MR) is 133 cm³/mol. The van der Waals surface area contributed by atoms with Crippen LogP contribution in [0.1, 0.15) is 48.9 Å². The van der Waals surface area contributed by atoms with Crippen LogP contribution in [-0.4, -0.2) is 61.0 Å². The largest absolute Gasteiger partial charge is 0.464 e. The maximum Gasteiger partial charge on any atom is 0.251 e. The molecule has 5 nitrogen and oxygen atoms in total. The molecule has 1 N–H and O–H groups in total. The third-order valence-electron chi connectivity index (χ3n) is 7.33. The first-order valence-corrected chi connectivity index (χ1v) is 12.6. The highest BCUT2D eigenvalue weighted by Gasteiger charge is 2.25. The molecule has 2 aromatic carbocycles. The van der Waals surface area contributed by atoms with Crippen molar-refractivity contribution < 1.29 is 9.21 Å². The Balaban J connectivity index is 1.04. The lowest BCUT2D eigenvalue weighted by atomic mass is 10.00. The van der Waals surface area contributed by atoms with E-state index in [0.717, 1.165) is 47.6 Å². The first-order valence-electron chi connectivity index (χ1n) is 12.6. The number of rotatable bonds is 7. The summed E-state index contributed by atoms with van der Waals surface area (Å²) in [6.07, 6.45) is 9.47. The number of amides is 1. The molecule has 1 amide bonds. The Labute approximate surface area is 196 Å². The minimum absolute atomic E-state index is 0.00985. The third-order valence-corrected chi connectivity index (χ3v) is 7.33. The van der Waals surface area contributed by atoms with Crippen molar-refractivity contribution in [3.63, 3.8) is 0 Å². The van der Waals surface area contributed by atoms with Crippen molar-refractivity contribution in [1.82, 2.24) is 15.1 Å². The standard InChI is InChI=1S/C28H35N3O2/c32-28(23-7-5-22(6-8-23)24-9-10-27-25(21-24)13-20-33-27)29-14-4-15-30-18-11-26(12-19-30)31-16-2-1-3-17-31/h5-10,13,20-21,26H,1-4,11-12,14-19H2,(H,29,32). The maximum atomic E-state index is 12.6. The molecular formula is C28H35N3O2. The van der Waals surface area contributed by atoms with Gasteiger partial charge in [-0.25, -0.2) is 0 Å². The highest BCUT2D eigenvalue weighted by atomic mass is 16.3. The van der Waals surface area contributed by atoms with Gasteiger partial charge in [-0.05, 0) is 106 Å². The van der Waals surface area contributed by atoms with Crippen LogP contribution >= 0.6 is 0 Å². The highest BCUT2D eigenvalue weighted by molar-refractivity contribution is 5.94. The van der Waals surface area contributed by atoms with Gasteiger partial charge in [-0.15, -0.1) is 0 Å². The molecule has 3 aromatic rings. The summed E-state index contributed by atoms with van der Waals surface area (Å²) in [7, 11) is 0. The zero-order valence-corrected chi connectivity index (χ0v) is 19.5. The molecule has 0 atom stereocenters. The summed E-state index contributed by atoms with van der Waals surface area (Å²) in [5.41, 5.74) is 3.83. The van der Waals surface area contributed by atoms with Crippen LogP contribution in [0.3, 0.4) is 0 Å². The third kappa shape index (κ3) is 5.48. The quantitative estimate of drug-likeness (QED) is 0.510. The molecule has 0 spiro atoms. The molecule has 2 aliphatic rings. The van der Waals surface area contributed by atoms with Crippen LogP contribution in [0.15, 0.2) is 59.2 Å². The van der Waals surface area contributed by atoms with Gasteiger partial charge in [-0.1, -0.05) is 24.6 Å². The lowest BCUT2D eigenvalue weighted by Gasteiger charge is -2.40. The molecule has 0 radical (unpaired) electrons. The molecule has 3 heterocycles. The van der Waals surface area contributed by atoms with Gasteiger partial charge >= 0.3 is 0 Å². The van der Waals surface area contributed by atoms with Gasteiger partial charge in [0.25, 0.3) is 5.91 Å². The Morgan fingerprint density at radius 1 is 0.909 bits per heavy atom. The van der Waals surface area contributed by atoms with Crippen LogP contribution in [0.4, 0.5) is 0 Å². The number of benzene rings is 2. The predicted octanol–water partition coefficient (Wildman–Crippen LogP) is 5.17. The number of hydrogen-bond donors (Lipinski definition) is 1. The van der Waals surface area contributed by atoms with Crippen molar-refractivity contribution in [1.29, 1.82) is 0 Å². The second-order valence-corrected chi connectivity index (χ2v) is 9.53. The van der Waals surface area contributed by atoms with E-state index in [1.807, 2.05) is 36.4 Å². The number of hydrogen-bond acceptors (Lipinski definition) is 4. The summed E-state index contributed by atoms with van der Waals surface area (Å²) in [4.78, 5) is 17.9. The van der Waals surface area contributed by atoms with Crippen LogP contribution in [0.5, 0.6) is 0 Å². The molecule has 2 fully saturated rings. The van der Waals surface area contributed by atoms with Crippen LogP contribution in [0.25, 0.3) is 22.1 Å². The number of piperidine rings is 2. The Morgan fingerprint density at radius 3 is 2.45 bits per heavy atom. The fourth-order valence-electron chi connectivity index (χ4n) is 5.36. The minimum atomic E-state index is 0.00985. The number of nitrogens with zero attached hydrogens (tertiary/aromatic N) is 2. The van der Waals surface area contributed by atoms with E-state index in [0.29, 0.717) is 5.56 Å². The second-order valence-electron chi connectivity index (χ2n) is 9.53. The summed E-state index contributed by atoms with van der Waals surface area (Å²) >= 11 is 0. The van der Waals surface area contributed by atoms with E-state index in [4.69, 9.17) is 4.42 Å². The maximum absolute atomic E-state index is 12.6. The molecule has 5 heteroatoms. The number of carbonyl (C=O) groups excluding carboxylic acids is 1. The van der Waals surface area contributed by atoms with Gasteiger partial charge in [0.05, 0.1) is 6.26 Å². The minimum Gasteiger partial charge on any atom is -0.464 e. The van der Waals surface area contributed by atoms with Gasteiger partial charge in [0, 0.05) is 23.5 Å². The van der Waals surface area contributed by atoms with E-state index in [1.165, 1.54) is 58.3 Å². The summed E-state index contributed by atoms with van der Waals surface area (Å²) in [6.45, 7) is 6.79. The molecule has 33 heavy (non-hydrogen) atoms. The van der Waals surface area contributed by atoms with Crippen LogP contribution in [0, 0.1) is 0 Å². The van der Waals surface area contributed by atoms with Gasteiger partial charge in [-0.2, -0.15) is 0 Å². The summed E-state index contributed by atoms with van der Waals surface area (Å²) < 4.78 is 5.42. The Bertz CT molecular complexity index is 1040. The van der Waals surface area contributed by atoms with E-state index in [-0.39, 0.29) is 5.91 Å². The zero-order chi connectivity index (χ0) is 22.5. The average molecular weight is 446 g/mol. The number of carbonyl (C=O) groups is 1. The number of fused-ring (bicyclic) bond motifs is 1. The fraction of sp³-hybridized carbons (Fsp3) is 0.464. The molecule has 1 aromatic heterocycles. The SMILES string of the molecule is O=C(NCCCN1CCC(N2CCCCC2)CC1)c1ccc(-c2ccc3occc3c2)cc1. The van der Waals surface area contributed by atoms with Crippen molar-refractivity contribution in [2.75, 3.05) is 39.3 Å². The lowest BCUT2D eigenvalue weighted by molar-refractivity contribution is 0.0903. The molecule has 174 valence electrons. The molecule has 0 saturated carbocycles. The first-order chi connectivity index (χ1) is 16.3. The van der Waals surface area contributed by atoms with Crippen molar-refractivity contribution in [2.45, 2.75) is 44.6 Å². The molecule has 0 bridgehead atoms. The average Bonchev–Trinajstić information content (AvgIpc) is 3.35. The molecule has 0 unspecified atom stereocenters. The van der Waals surface area contributed by atoms with Crippen molar-refractivity contribution >= 4 is 16.9 Å². The van der Waals surface area contributed by atoms with Gasteiger partial charge < -0.3 is 19.5 Å². The van der Waals surface area contributed by atoms with E-state index in [1.54, 1.807) is 6.26 Å². The molecular weight excluding hydrogens is 410 g/mol. The van der Waals surface area contributed by atoms with Crippen LogP contribution < -0.4 is 5.32 Å². The van der Waals surface area contributed by atoms with Gasteiger partial charge in [0.2, 0.25) is 0 Å². The Hall–Kier alpha value is -2.63. The van der Waals surface area contributed by atoms with Crippen LogP contribution in [0.2, 0.25) is 0 Å². The summed E-state index contributed by atoms with van der Waals surface area (Å²) in [5, 5.41) is 4.18. The molecule has 2 saturated heterocycles. The smallest absolute Gasteiger partial charge is 0.251 e.